The number of aromatic nitrogens is 1. The Morgan fingerprint density at radius 1 is 0.944 bits per heavy atom. The molecule has 0 atom stereocenters. The Morgan fingerprint density at radius 2 is 1.61 bits per heavy atom. The van der Waals surface area contributed by atoms with Gasteiger partial charge in [-0.25, -0.2) is 4.98 Å². The van der Waals surface area contributed by atoms with Gasteiger partial charge in [-0.1, -0.05) is 30.8 Å². The molecule has 1 aromatic carbocycles. The van der Waals surface area contributed by atoms with Gasteiger partial charge in [0.1, 0.15) is 0 Å². The summed E-state index contributed by atoms with van der Waals surface area (Å²) in [5.74, 6) is 0. The highest BCUT2D eigenvalue weighted by Crippen LogP contribution is 2.14. The van der Waals surface area contributed by atoms with Gasteiger partial charge in [-0.05, 0) is 43.7 Å². The Labute approximate surface area is 108 Å². The lowest BCUT2D eigenvalue weighted by Gasteiger charge is -2.04. The van der Waals surface area contributed by atoms with Crippen LogP contribution >= 0.6 is 0 Å². The van der Waals surface area contributed by atoms with Crippen LogP contribution in [0.5, 0.6) is 0 Å². The zero-order chi connectivity index (χ0) is 13.0. The molecule has 0 bridgehead atoms. The molecule has 0 aliphatic carbocycles. The van der Waals surface area contributed by atoms with Gasteiger partial charge < -0.3 is 0 Å². The van der Waals surface area contributed by atoms with Crippen molar-refractivity contribution in [2.75, 3.05) is 0 Å². The van der Waals surface area contributed by atoms with Gasteiger partial charge in [0, 0.05) is 0 Å². The Kier molecular flexibility index (Phi) is 3.68. The van der Waals surface area contributed by atoms with Crippen molar-refractivity contribution in [3.05, 3.63) is 66.5 Å². The minimum atomic E-state index is 0.888. The molecule has 0 aliphatic heterocycles. The Hall–Kier alpha value is -2.22. The van der Waals surface area contributed by atoms with Gasteiger partial charge in [0.2, 0.25) is 0 Å². The lowest BCUT2D eigenvalue weighted by Crippen LogP contribution is -2.00. The quantitative estimate of drug-likeness (QED) is 0.731. The molecule has 0 N–H and O–H groups in total. The highest BCUT2D eigenvalue weighted by molar-refractivity contribution is 5.98. The molecule has 2 heteroatoms. The van der Waals surface area contributed by atoms with Crippen LogP contribution in [0.15, 0.2) is 60.1 Å². The van der Waals surface area contributed by atoms with Gasteiger partial charge in [-0.3, -0.25) is 4.99 Å². The third kappa shape index (κ3) is 2.92. The van der Waals surface area contributed by atoms with Crippen LogP contribution < -0.4 is 0 Å². The normalized spacial score (nSPS) is 11.3. The molecule has 0 aliphatic rings. The Morgan fingerprint density at radius 3 is 2.28 bits per heavy atom. The summed E-state index contributed by atoms with van der Waals surface area (Å²) in [6.45, 7) is 7.83. The van der Waals surface area contributed by atoms with Crippen LogP contribution in [-0.4, -0.2) is 10.7 Å². The molecule has 0 fully saturated rings. The molecule has 0 unspecified atom stereocenters. The van der Waals surface area contributed by atoms with Crippen LogP contribution in [0.4, 0.5) is 5.69 Å². The zero-order valence-corrected chi connectivity index (χ0v) is 10.7. The summed E-state index contributed by atoms with van der Waals surface area (Å²) in [6, 6.07) is 15.8. The summed E-state index contributed by atoms with van der Waals surface area (Å²) in [4.78, 5) is 9.09. The number of nitrogens with zero attached hydrogens (tertiary/aromatic N) is 2. The number of pyridine rings is 1. The topological polar surface area (TPSA) is 25.2 Å². The van der Waals surface area contributed by atoms with E-state index in [1.165, 1.54) is 0 Å². The van der Waals surface area contributed by atoms with E-state index in [4.69, 9.17) is 0 Å². The van der Waals surface area contributed by atoms with Crippen molar-refractivity contribution in [3.63, 3.8) is 0 Å². The van der Waals surface area contributed by atoms with Crippen LogP contribution in [0.1, 0.15) is 25.2 Å². The average Bonchev–Trinajstić information content (AvgIpc) is 2.40. The molecule has 2 rings (SSSR count). The van der Waals surface area contributed by atoms with E-state index in [1.807, 2.05) is 62.4 Å². The lowest BCUT2D eigenvalue weighted by atomic mass is 10.2. The van der Waals surface area contributed by atoms with Gasteiger partial charge in [0.05, 0.1) is 22.8 Å². The van der Waals surface area contributed by atoms with E-state index < -0.39 is 0 Å². The van der Waals surface area contributed by atoms with Gasteiger partial charge in [0.25, 0.3) is 0 Å². The van der Waals surface area contributed by atoms with Gasteiger partial charge >= 0.3 is 0 Å². The average molecular weight is 236 g/mol. The second kappa shape index (κ2) is 5.41. The monoisotopic (exact) mass is 236 g/mol. The summed E-state index contributed by atoms with van der Waals surface area (Å²) >= 11 is 0. The molecular weight excluding hydrogens is 220 g/mol. The smallest absolute Gasteiger partial charge is 0.0849 e. The number of para-hydroxylation sites is 1. The van der Waals surface area contributed by atoms with Crippen LogP contribution in [0, 0.1) is 0 Å². The van der Waals surface area contributed by atoms with Gasteiger partial charge in [-0.15, -0.1) is 0 Å². The number of benzene rings is 1. The Balaban J connectivity index is 2.34. The maximum absolute atomic E-state index is 4.55. The highest BCUT2D eigenvalue weighted by atomic mass is 14.8. The van der Waals surface area contributed by atoms with Gasteiger partial charge in [-0.2, -0.15) is 0 Å². The standard InChI is InChI=1S/C16H16N2/c1-12(2)15-10-7-11-16(18-15)13(3)17-14-8-5-4-6-9-14/h4-11H,1H2,2-3H3. The number of hydrogen-bond donors (Lipinski definition) is 0. The predicted molar refractivity (Wildman–Crippen MR) is 77.3 cm³/mol. The zero-order valence-electron chi connectivity index (χ0n) is 10.7. The van der Waals surface area contributed by atoms with E-state index in [9.17, 15) is 0 Å². The molecule has 0 spiro atoms. The first kappa shape index (κ1) is 12.2. The number of rotatable bonds is 3. The van der Waals surface area contributed by atoms with E-state index in [0.717, 1.165) is 28.4 Å². The number of hydrogen-bond acceptors (Lipinski definition) is 2. The van der Waals surface area contributed by atoms with Crippen LogP contribution in [0.25, 0.3) is 5.57 Å². The van der Waals surface area contributed by atoms with Crippen molar-refractivity contribution in [2.45, 2.75) is 13.8 Å². The molecule has 1 heterocycles. The summed E-state index contributed by atoms with van der Waals surface area (Å²) in [5.41, 5.74) is 4.61. The fourth-order valence-electron chi connectivity index (χ4n) is 1.63. The highest BCUT2D eigenvalue weighted by Gasteiger charge is 2.02. The first-order valence-corrected chi connectivity index (χ1v) is 5.90. The van der Waals surface area contributed by atoms with E-state index in [0.29, 0.717) is 0 Å². The van der Waals surface area contributed by atoms with E-state index >= 15 is 0 Å². The van der Waals surface area contributed by atoms with Crippen molar-refractivity contribution in [2.24, 2.45) is 4.99 Å². The summed E-state index contributed by atoms with van der Waals surface area (Å²) < 4.78 is 0. The number of aliphatic imine (C=N–C) groups is 1. The number of allylic oxidation sites excluding steroid dienone is 1. The molecule has 0 amide bonds. The fourth-order valence-corrected chi connectivity index (χ4v) is 1.63. The lowest BCUT2D eigenvalue weighted by molar-refractivity contribution is 1.23. The Bertz CT molecular complexity index is 583. The van der Waals surface area contributed by atoms with Crippen LogP contribution in [-0.2, 0) is 0 Å². The molecular formula is C16H16N2. The van der Waals surface area contributed by atoms with Crippen molar-refractivity contribution in [1.29, 1.82) is 0 Å². The third-order valence-corrected chi connectivity index (χ3v) is 2.61. The van der Waals surface area contributed by atoms with Crippen molar-refractivity contribution in [3.8, 4) is 0 Å². The molecule has 0 saturated carbocycles. The SMILES string of the molecule is C=C(C)c1cccc(C(C)=Nc2ccccc2)n1. The maximum atomic E-state index is 4.55. The van der Waals surface area contributed by atoms with Gasteiger partial charge in [0.15, 0.2) is 0 Å². The largest absolute Gasteiger partial charge is 0.252 e. The molecule has 2 nitrogen and oxygen atoms in total. The minimum Gasteiger partial charge on any atom is -0.252 e. The molecule has 90 valence electrons. The van der Waals surface area contributed by atoms with E-state index in [2.05, 4.69) is 16.6 Å². The predicted octanol–water partition coefficient (Wildman–Crippen LogP) is 4.26. The molecule has 0 radical (unpaired) electrons. The van der Waals surface area contributed by atoms with Crippen molar-refractivity contribution >= 4 is 17.0 Å². The minimum absolute atomic E-state index is 0.888. The second-order valence-corrected chi connectivity index (χ2v) is 4.22. The maximum Gasteiger partial charge on any atom is 0.0849 e. The van der Waals surface area contributed by atoms with Crippen molar-refractivity contribution < 1.29 is 0 Å². The summed E-state index contributed by atoms with van der Waals surface area (Å²) in [5, 5.41) is 0. The molecule has 1 aromatic heterocycles. The second-order valence-electron chi connectivity index (χ2n) is 4.22. The fraction of sp³-hybridized carbons (Fsp3) is 0.125. The molecule has 2 aromatic rings. The van der Waals surface area contributed by atoms with Crippen LogP contribution in [0.3, 0.4) is 0 Å². The molecule has 18 heavy (non-hydrogen) atoms. The summed E-state index contributed by atoms with van der Waals surface area (Å²) in [6.07, 6.45) is 0. The van der Waals surface area contributed by atoms with Crippen molar-refractivity contribution in [1.82, 2.24) is 4.98 Å². The van der Waals surface area contributed by atoms with E-state index in [1.54, 1.807) is 0 Å². The molecule has 0 saturated heterocycles. The third-order valence-electron chi connectivity index (χ3n) is 2.61. The van der Waals surface area contributed by atoms with E-state index in [-0.39, 0.29) is 0 Å². The first-order chi connectivity index (χ1) is 8.66. The first-order valence-electron chi connectivity index (χ1n) is 5.90. The van der Waals surface area contributed by atoms with Crippen LogP contribution in [0.2, 0.25) is 0 Å². The summed E-state index contributed by atoms with van der Waals surface area (Å²) in [7, 11) is 0.